The van der Waals surface area contributed by atoms with Gasteiger partial charge in [-0.1, -0.05) is 0 Å². The summed E-state index contributed by atoms with van der Waals surface area (Å²) in [6, 6.07) is 0. The van der Waals surface area contributed by atoms with Crippen LogP contribution in [0, 0.1) is 0 Å². The first-order valence-corrected chi connectivity index (χ1v) is 2.39. The summed E-state index contributed by atoms with van der Waals surface area (Å²) < 4.78 is 0. The Labute approximate surface area is 47.6 Å². The molecule has 0 aliphatic rings. The van der Waals surface area contributed by atoms with Crippen LogP contribution in [0.1, 0.15) is 6.42 Å². The Bertz CT molecular complexity index is 57.2. The quantitative estimate of drug-likeness (QED) is 0.325. The van der Waals surface area contributed by atoms with Crippen LogP contribution >= 0.6 is 0 Å². The zero-order valence-electron chi connectivity index (χ0n) is 4.49. The van der Waals surface area contributed by atoms with Crippen LogP contribution in [0.25, 0.3) is 0 Å². The van der Waals surface area contributed by atoms with Crippen LogP contribution < -0.4 is 5.73 Å². The van der Waals surface area contributed by atoms with Gasteiger partial charge in [-0.25, -0.2) is 0 Å². The van der Waals surface area contributed by atoms with E-state index < -0.39 is 12.3 Å². The molecule has 8 heavy (non-hydrogen) atoms. The van der Waals surface area contributed by atoms with Crippen LogP contribution in [-0.4, -0.2) is 34.3 Å². The molecule has 0 saturated heterocycles. The molecule has 0 aromatic carbocycles. The third-order valence-corrected chi connectivity index (χ3v) is 0.724. The van der Waals surface area contributed by atoms with E-state index in [4.69, 9.17) is 21.1 Å². The third kappa shape index (κ3) is 4.01. The fourth-order valence-electron chi connectivity index (χ4n) is 0.353. The van der Waals surface area contributed by atoms with Crippen molar-refractivity contribution in [1.29, 1.82) is 0 Å². The summed E-state index contributed by atoms with van der Waals surface area (Å²) in [7, 11) is 0. The van der Waals surface area contributed by atoms with Gasteiger partial charge in [0.2, 0.25) is 0 Å². The smallest absolute Gasteiger partial charge is 0.104 e. The van der Waals surface area contributed by atoms with Gasteiger partial charge in [0.05, 0.1) is 12.7 Å². The predicted molar refractivity (Wildman–Crippen MR) is 27.9 cm³/mol. The lowest BCUT2D eigenvalue weighted by atomic mass is 10.2. The van der Waals surface area contributed by atoms with Gasteiger partial charge in [0, 0.05) is 6.42 Å². The van der Waals surface area contributed by atoms with E-state index in [2.05, 4.69) is 0 Å². The summed E-state index contributed by atoms with van der Waals surface area (Å²) in [5, 5.41) is 25.1. The average molecular weight is 121 g/mol. The molecule has 4 heteroatoms. The molecule has 50 valence electrons. The van der Waals surface area contributed by atoms with E-state index in [1.165, 1.54) is 0 Å². The summed E-state index contributed by atoms with van der Waals surface area (Å²) >= 11 is 0. The molecule has 0 fully saturated rings. The molecule has 0 rings (SSSR count). The zero-order chi connectivity index (χ0) is 6.57. The Hall–Kier alpha value is -0.160. The van der Waals surface area contributed by atoms with Crippen LogP contribution in [-0.2, 0) is 0 Å². The molecule has 0 aromatic heterocycles. The molecule has 1 unspecified atom stereocenters. The van der Waals surface area contributed by atoms with E-state index >= 15 is 0 Å². The van der Waals surface area contributed by atoms with E-state index in [-0.39, 0.29) is 13.0 Å². The van der Waals surface area contributed by atoms with E-state index in [9.17, 15) is 0 Å². The summed E-state index contributed by atoms with van der Waals surface area (Å²) in [5.74, 6) is 0. The van der Waals surface area contributed by atoms with Crippen molar-refractivity contribution in [2.45, 2.75) is 18.8 Å². The highest BCUT2D eigenvalue weighted by atomic mass is 16.3. The van der Waals surface area contributed by atoms with Gasteiger partial charge in [0.15, 0.2) is 0 Å². The number of aliphatic hydroxyl groups is 3. The van der Waals surface area contributed by atoms with Gasteiger partial charge >= 0.3 is 0 Å². The summed E-state index contributed by atoms with van der Waals surface area (Å²) in [6.45, 7) is -0.353. The number of rotatable bonds is 3. The molecule has 4 nitrogen and oxygen atoms in total. The second kappa shape index (κ2) is 3.80. The van der Waals surface area contributed by atoms with Gasteiger partial charge < -0.3 is 21.1 Å². The molecule has 0 radical (unpaired) electrons. The second-order valence-electron chi connectivity index (χ2n) is 1.64. The van der Waals surface area contributed by atoms with Crippen LogP contribution in [0.3, 0.4) is 0 Å². The number of aliphatic hydroxyl groups excluding tert-OH is 3. The van der Waals surface area contributed by atoms with Crippen molar-refractivity contribution >= 4 is 0 Å². The normalized spacial score (nSPS) is 18.0. The molecule has 2 atom stereocenters. The molecule has 0 aliphatic carbocycles. The Balaban J connectivity index is 3.10. The SMILES string of the molecule is NC(O)C[C@H](O)CO. The molecule has 0 saturated carbocycles. The fraction of sp³-hybridized carbons (Fsp3) is 1.00. The molecule has 0 aliphatic heterocycles. The molecule has 0 spiro atoms. The van der Waals surface area contributed by atoms with Gasteiger partial charge in [-0.3, -0.25) is 0 Å². The number of hydrogen-bond acceptors (Lipinski definition) is 4. The van der Waals surface area contributed by atoms with Gasteiger partial charge in [-0.15, -0.1) is 0 Å². The van der Waals surface area contributed by atoms with Crippen molar-refractivity contribution in [2.75, 3.05) is 6.61 Å². The first-order chi connectivity index (χ1) is 3.66. The molecule has 0 bridgehead atoms. The lowest BCUT2D eigenvalue weighted by molar-refractivity contribution is 0.0440. The van der Waals surface area contributed by atoms with Crippen LogP contribution in [0.15, 0.2) is 0 Å². The predicted octanol–water partition coefficient (Wildman–Crippen LogP) is -1.99. The third-order valence-electron chi connectivity index (χ3n) is 0.724. The van der Waals surface area contributed by atoms with Crippen molar-refractivity contribution in [3.8, 4) is 0 Å². The van der Waals surface area contributed by atoms with E-state index in [1.807, 2.05) is 0 Å². The zero-order valence-corrected chi connectivity index (χ0v) is 4.49. The maximum atomic E-state index is 8.54. The molecule has 0 heterocycles. The van der Waals surface area contributed by atoms with E-state index in [1.54, 1.807) is 0 Å². The summed E-state index contributed by atoms with van der Waals surface area (Å²) in [6.07, 6.45) is -1.90. The first kappa shape index (κ1) is 7.84. The van der Waals surface area contributed by atoms with E-state index in [0.717, 1.165) is 0 Å². The number of hydrogen-bond donors (Lipinski definition) is 4. The highest BCUT2D eigenvalue weighted by molar-refractivity contribution is 4.54. The van der Waals surface area contributed by atoms with Crippen LogP contribution in [0.2, 0.25) is 0 Å². The lowest BCUT2D eigenvalue weighted by Gasteiger charge is -2.07. The maximum absolute atomic E-state index is 8.54. The topological polar surface area (TPSA) is 86.7 Å². The number of nitrogens with two attached hydrogens (primary N) is 1. The van der Waals surface area contributed by atoms with Crippen molar-refractivity contribution in [3.05, 3.63) is 0 Å². The van der Waals surface area contributed by atoms with Gasteiger partial charge in [0.1, 0.15) is 6.23 Å². The monoisotopic (exact) mass is 121 g/mol. The molecular formula is C4H11NO3. The van der Waals surface area contributed by atoms with Crippen LogP contribution in [0.5, 0.6) is 0 Å². The van der Waals surface area contributed by atoms with Gasteiger partial charge in [-0.05, 0) is 0 Å². The minimum absolute atomic E-state index is 0.0243. The molecule has 5 N–H and O–H groups in total. The second-order valence-corrected chi connectivity index (χ2v) is 1.64. The first-order valence-electron chi connectivity index (χ1n) is 2.39. The van der Waals surface area contributed by atoms with Crippen LogP contribution in [0.4, 0.5) is 0 Å². The molecular weight excluding hydrogens is 110 g/mol. The summed E-state index contributed by atoms with van der Waals surface area (Å²) in [5.41, 5.74) is 4.85. The highest BCUT2D eigenvalue weighted by Crippen LogP contribution is 1.89. The van der Waals surface area contributed by atoms with Crippen molar-refractivity contribution < 1.29 is 15.3 Å². The molecule has 0 amide bonds. The summed E-state index contributed by atoms with van der Waals surface area (Å²) in [4.78, 5) is 0. The Morgan fingerprint density at radius 2 is 1.88 bits per heavy atom. The Kier molecular flexibility index (Phi) is 3.72. The molecule has 0 aromatic rings. The Morgan fingerprint density at radius 3 is 2.00 bits per heavy atom. The van der Waals surface area contributed by atoms with E-state index in [0.29, 0.717) is 0 Å². The Morgan fingerprint density at radius 1 is 1.38 bits per heavy atom. The minimum atomic E-state index is -1.03. The lowest BCUT2D eigenvalue weighted by Crippen LogP contribution is -2.27. The largest absolute Gasteiger partial charge is 0.394 e. The van der Waals surface area contributed by atoms with Crippen molar-refractivity contribution in [3.63, 3.8) is 0 Å². The van der Waals surface area contributed by atoms with Gasteiger partial charge in [0.25, 0.3) is 0 Å². The van der Waals surface area contributed by atoms with Gasteiger partial charge in [-0.2, -0.15) is 0 Å². The standard InChI is InChI=1S/C4H11NO3/c5-4(8)1-3(7)2-6/h3-4,6-8H,1-2,5H2/t3-,4?/m0/s1. The fourth-order valence-corrected chi connectivity index (χ4v) is 0.353. The van der Waals surface area contributed by atoms with Crippen molar-refractivity contribution in [2.24, 2.45) is 5.73 Å². The minimum Gasteiger partial charge on any atom is -0.394 e. The highest BCUT2D eigenvalue weighted by Gasteiger charge is 2.04. The van der Waals surface area contributed by atoms with Crippen molar-refractivity contribution in [1.82, 2.24) is 0 Å². The maximum Gasteiger partial charge on any atom is 0.104 e. The average Bonchev–Trinajstić information content (AvgIpc) is 1.65.